The van der Waals surface area contributed by atoms with Crippen molar-refractivity contribution < 1.29 is 13.2 Å². The van der Waals surface area contributed by atoms with Crippen LogP contribution in [0, 0.1) is 0 Å². The van der Waals surface area contributed by atoms with Crippen molar-refractivity contribution in [2.24, 2.45) is 0 Å². The standard InChI is InChI=1S/C14H21NO3S/c1-2-15(13-8-11-19(16,17)12-13)9-10-18-14-6-4-3-5-7-14/h3-7,13H,2,8-12H2,1H3. The lowest BCUT2D eigenvalue weighted by atomic mass is 10.2. The molecule has 5 heteroatoms. The van der Waals surface area contributed by atoms with Crippen molar-refractivity contribution in [3.05, 3.63) is 30.3 Å². The van der Waals surface area contributed by atoms with E-state index in [1.165, 1.54) is 0 Å². The number of hydrogen-bond donors (Lipinski definition) is 0. The van der Waals surface area contributed by atoms with Gasteiger partial charge in [0.25, 0.3) is 0 Å². The molecule has 106 valence electrons. The van der Waals surface area contributed by atoms with Crippen LogP contribution in [0.1, 0.15) is 13.3 Å². The number of rotatable bonds is 6. The van der Waals surface area contributed by atoms with Gasteiger partial charge in [-0.15, -0.1) is 0 Å². The van der Waals surface area contributed by atoms with Gasteiger partial charge in [0.15, 0.2) is 9.84 Å². The van der Waals surface area contributed by atoms with E-state index in [1.807, 2.05) is 30.3 Å². The van der Waals surface area contributed by atoms with Gasteiger partial charge in [-0.2, -0.15) is 0 Å². The first-order chi connectivity index (χ1) is 9.11. The topological polar surface area (TPSA) is 46.6 Å². The molecule has 4 nitrogen and oxygen atoms in total. The summed E-state index contributed by atoms with van der Waals surface area (Å²) in [5.74, 6) is 1.48. The highest BCUT2D eigenvalue weighted by atomic mass is 32.2. The molecule has 0 aliphatic carbocycles. The first-order valence-corrected chi connectivity index (χ1v) is 8.55. The zero-order valence-electron chi connectivity index (χ0n) is 11.3. The summed E-state index contributed by atoms with van der Waals surface area (Å²) in [4.78, 5) is 2.20. The maximum Gasteiger partial charge on any atom is 0.151 e. The molecule has 0 radical (unpaired) electrons. The number of nitrogens with zero attached hydrogens (tertiary/aromatic N) is 1. The van der Waals surface area contributed by atoms with Gasteiger partial charge in [0, 0.05) is 12.6 Å². The molecule has 1 atom stereocenters. The second-order valence-corrected chi connectivity index (χ2v) is 7.08. The van der Waals surface area contributed by atoms with E-state index in [0.29, 0.717) is 18.1 Å². The highest BCUT2D eigenvalue weighted by Gasteiger charge is 2.31. The summed E-state index contributed by atoms with van der Waals surface area (Å²) in [6, 6.07) is 9.85. The van der Waals surface area contributed by atoms with Crippen LogP contribution in [0.2, 0.25) is 0 Å². The molecule has 0 saturated carbocycles. The molecule has 2 rings (SSSR count). The van der Waals surface area contributed by atoms with Crippen molar-refractivity contribution in [1.82, 2.24) is 4.90 Å². The van der Waals surface area contributed by atoms with Gasteiger partial charge in [0.2, 0.25) is 0 Å². The highest BCUT2D eigenvalue weighted by Crippen LogP contribution is 2.17. The Kier molecular flexibility index (Phi) is 4.82. The lowest BCUT2D eigenvalue weighted by Crippen LogP contribution is -2.38. The molecular weight excluding hydrogens is 262 g/mol. The fraction of sp³-hybridized carbons (Fsp3) is 0.571. The predicted molar refractivity (Wildman–Crippen MR) is 76.2 cm³/mol. The Morgan fingerprint density at radius 2 is 2.05 bits per heavy atom. The van der Waals surface area contributed by atoms with Gasteiger partial charge in [-0.25, -0.2) is 8.42 Å². The van der Waals surface area contributed by atoms with Crippen LogP contribution in [0.4, 0.5) is 0 Å². The largest absolute Gasteiger partial charge is 0.492 e. The van der Waals surface area contributed by atoms with E-state index in [4.69, 9.17) is 4.74 Å². The van der Waals surface area contributed by atoms with Crippen LogP contribution in [0.15, 0.2) is 30.3 Å². The summed E-state index contributed by atoms with van der Waals surface area (Å²) in [5, 5.41) is 0. The van der Waals surface area contributed by atoms with Crippen LogP contribution in [0.3, 0.4) is 0 Å². The summed E-state index contributed by atoms with van der Waals surface area (Å²) in [7, 11) is -2.81. The van der Waals surface area contributed by atoms with Crippen molar-refractivity contribution in [2.75, 3.05) is 31.2 Å². The number of ether oxygens (including phenoxy) is 1. The Labute approximate surface area is 115 Å². The molecular formula is C14H21NO3S. The summed E-state index contributed by atoms with van der Waals surface area (Å²) in [5.41, 5.74) is 0. The SMILES string of the molecule is CCN(CCOc1ccccc1)C1CCS(=O)(=O)C1. The third kappa shape index (κ3) is 4.21. The average molecular weight is 283 g/mol. The molecule has 19 heavy (non-hydrogen) atoms. The lowest BCUT2D eigenvalue weighted by Gasteiger charge is -2.26. The van der Waals surface area contributed by atoms with Gasteiger partial charge < -0.3 is 4.74 Å². The molecule has 0 amide bonds. The highest BCUT2D eigenvalue weighted by molar-refractivity contribution is 7.91. The quantitative estimate of drug-likeness (QED) is 0.795. The van der Waals surface area contributed by atoms with Crippen molar-refractivity contribution in [1.29, 1.82) is 0 Å². The molecule has 1 heterocycles. The molecule has 1 saturated heterocycles. The van der Waals surface area contributed by atoms with Gasteiger partial charge in [0.1, 0.15) is 12.4 Å². The Hall–Kier alpha value is -1.07. The summed E-state index contributed by atoms with van der Waals surface area (Å²) in [6.07, 6.45) is 0.751. The summed E-state index contributed by atoms with van der Waals surface area (Å²) < 4.78 is 28.7. The Bertz CT molecular complexity index is 487. The minimum absolute atomic E-state index is 0.161. The fourth-order valence-corrected chi connectivity index (χ4v) is 4.22. The normalized spacial score (nSPS) is 21.7. The minimum Gasteiger partial charge on any atom is -0.492 e. The molecule has 1 aliphatic rings. The molecule has 1 aromatic rings. The zero-order chi connectivity index (χ0) is 13.7. The first kappa shape index (κ1) is 14.3. The molecule has 1 aliphatic heterocycles. The summed E-state index contributed by atoms with van der Waals surface area (Å²) >= 11 is 0. The first-order valence-electron chi connectivity index (χ1n) is 6.73. The van der Waals surface area contributed by atoms with Gasteiger partial charge in [-0.3, -0.25) is 4.90 Å². The predicted octanol–water partition coefficient (Wildman–Crippen LogP) is 1.57. The smallest absolute Gasteiger partial charge is 0.151 e. The van der Waals surface area contributed by atoms with E-state index in [9.17, 15) is 8.42 Å². The van der Waals surface area contributed by atoms with Crippen LogP contribution < -0.4 is 4.74 Å². The van der Waals surface area contributed by atoms with Crippen LogP contribution in [-0.2, 0) is 9.84 Å². The molecule has 1 unspecified atom stereocenters. The van der Waals surface area contributed by atoms with E-state index >= 15 is 0 Å². The third-order valence-corrected chi connectivity index (χ3v) is 5.27. The maximum absolute atomic E-state index is 11.5. The van der Waals surface area contributed by atoms with Crippen LogP contribution in [0.5, 0.6) is 5.75 Å². The Morgan fingerprint density at radius 1 is 1.32 bits per heavy atom. The molecule has 0 spiro atoms. The van der Waals surface area contributed by atoms with Crippen LogP contribution in [0.25, 0.3) is 0 Å². The minimum atomic E-state index is -2.81. The van der Waals surface area contributed by atoms with E-state index in [2.05, 4.69) is 11.8 Å². The molecule has 1 aromatic carbocycles. The zero-order valence-corrected chi connectivity index (χ0v) is 12.1. The molecule has 0 N–H and O–H groups in total. The van der Waals surface area contributed by atoms with Crippen molar-refractivity contribution in [3.8, 4) is 5.75 Å². The van der Waals surface area contributed by atoms with E-state index < -0.39 is 9.84 Å². The van der Waals surface area contributed by atoms with Gasteiger partial charge in [-0.05, 0) is 25.1 Å². The van der Waals surface area contributed by atoms with Gasteiger partial charge in [-0.1, -0.05) is 25.1 Å². The Morgan fingerprint density at radius 3 is 2.63 bits per heavy atom. The van der Waals surface area contributed by atoms with Gasteiger partial charge >= 0.3 is 0 Å². The average Bonchev–Trinajstić information content (AvgIpc) is 2.76. The second kappa shape index (κ2) is 6.39. The van der Waals surface area contributed by atoms with E-state index in [1.54, 1.807) is 0 Å². The second-order valence-electron chi connectivity index (χ2n) is 4.85. The number of hydrogen-bond acceptors (Lipinski definition) is 4. The molecule has 0 bridgehead atoms. The van der Waals surface area contributed by atoms with Crippen molar-refractivity contribution in [2.45, 2.75) is 19.4 Å². The third-order valence-electron chi connectivity index (χ3n) is 3.52. The maximum atomic E-state index is 11.5. The van der Waals surface area contributed by atoms with Gasteiger partial charge in [0.05, 0.1) is 11.5 Å². The fourth-order valence-electron chi connectivity index (χ4n) is 2.46. The van der Waals surface area contributed by atoms with E-state index in [0.717, 1.165) is 25.3 Å². The molecule has 0 aromatic heterocycles. The Balaban J connectivity index is 1.80. The number of likely N-dealkylation sites (N-methyl/N-ethyl adjacent to an activating group) is 1. The van der Waals surface area contributed by atoms with Crippen LogP contribution >= 0.6 is 0 Å². The number of benzene rings is 1. The monoisotopic (exact) mass is 283 g/mol. The number of sulfone groups is 1. The van der Waals surface area contributed by atoms with E-state index in [-0.39, 0.29) is 6.04 Å². The van der Waals surface area contributed by atoms with Crippen molar-refractivity contribution >= 4 is 9.84 Å². The number of para-hydroxylation sites is 1. The lowest BCUT2D eigenvalue weighted by molar-refractivity contribution is 0.177. The molecule has 1 fully saturated rings. The van der Waals surface area contributed by atoms with Crippen molar-refractivity contribution in [3.63, 3.8) is 0 Å². The van der Waals surface area contributed by atoms with Crippen LogP contribution in [-0.4, -0.2) is 50.6 Å². The summed E-state index contributed by atoms with van der Waals surface area (Å²) in [6.45, 7) is 4.28.